The van der Waals surface area contributed by atoms with Crippen LogP contribution in [0.5, 0.6) is 5.75 Å². The molecule has 0 aliphatic heterocycles. The number of phenols is 1. The fourth-order valence-corrected chi connectivity index (χ4v) is 3.24. The molecule has 0 heterocycles. The molecule has 2 nitrogen and oxygen atoms in total. The first-order chi connectivity index (χ1) is 8.11. The molecule has 2 aromatic rings. The number of phenolic OH excluding ortho intramolecular Hbond substituents is 1. The van der Waals surface area contributed by atoms with Crippen molar-refractivity contribution in [2.24, 2.45) is 0 Å². The van der Waals surface area contributed by atoms with Gasteiger partial charge in [-0.3, -0.25) is 4.79 Å². The van der Waals surface area contributed by atoms with Crippen LogP contribution in [0.1, 0.15) is 10.4 Å². The van der Waals surface area contributed by atoms with E-state index < -0.39 is 0 Å². The monoisotopic (exact) mass is 354 g/mol. The van der Waals surface area contributed by atoms with Gasteiger partial charge in [-0.05, 0) is 29.8 Å². The minimum atomic E-state index is 0.227. The van der Waals surface area contributed by atoms with Crippen LogP contribution in [0.4, 0.5) is 0 Å². The summed E-state index contributed by atoms with van der Waals surface area (Å²) in [5.41, 5.74) is 2.51. The second-order valence-corrected chi connectivity index (χ2v) is 5.23. The van der Waals surface area contributed by atoms with E-state index in [1.165, 1.54) is 0 Å². The zero-order valence-corrected chi connectivity index (χ0v) is 11.8. The van der Waals surface area contributed by atoms with Crippen molar-refractivity contribution >= 4 is 38.1 Å². The summed E-state index contributed by atoms with van der Waals surface area (Å²) in [6.45, 7) is 0. The molecule has 0 aliphatic carbocycles. The van der Waals surface area contributed by atoms with Crippen molar-refractivity contribution in [1.82, 2.24) is 0 Å². The topological polar surface area (TPSA) is 37.3 Å². The SMILES string of the molecule is O=Cc1cc(Br)c(-c2ccc(O)cc2)c(Br)c1. The predicted octanol–water partition coefficient (Wildman–Crippen LogP) is 4.40. The van der Waals surface area contributed by atoms with E-state index in [4.69, 9.17) is 0 Å². The standard InChI is InChI=1S/C13H8Br2O2/c14-11-5-8(7-16)6-12(15)13(11)9-1-3-10(17)4-2-9/h1-7,17H. The van der Waals surface area contributed by atoms with Crippen LogP contribution in [0.3, 0.4) is 0 Å². The molecule has 4 heteroatoms. The maximum Gasteiger partial charge on any atom is 0.150 e. The minimum absolute atomic E-state index is 0.227. The van der Waals surface area contributed by atoms with Gasteiger partial charge in [-0.15, -0.1) is 0 Å². The van der Waals surface area contributed by atoms with Crippen LogP contribution in [0, 0.1) is 0 Å². The lowest BCUT2D eigenvalue weighted by atomic mass is 10.0. The van der Waals surface area contributed by atoms with Crippen molar-refractivity contribution in [2.45, 2.75) is 0 Å². The average molecular weight is 356 g/mol. The fraction of sp³-hybridized carbons (Fsp3) is 0. The number of carbonyl (C=O) groups excluding carboxylic acids is 1. The highest BCUT2D eigenvalue weighted by Gasteiger charge is 2.09. The zero-order valence-electron chi connectivity index (χ0n) is 8.65. The molecule has 0 saturated heterocycles. The number of halogens is 2. The molecule has 0 fully saturated rings. The zero-order chi connectivity index (χ0) is 12.4. The van der Waals surface area contributed by atoms with E-state index in [1.807, 2.05) is 12.1 Å². The van der Waals surface area contributed by atoms with Gasteiger partial charge in [0, 0.05) is 20.1 Å². The fourth-order valence-electron chi connectivity index (χ4n) is 1.56. The molecule has 0 spiro atoms. The van der Waals surface area contributed by atoms with Crippen LogP contribution < -0.4 is 0 Å². The van der Waals surface area contributed by atoms with Crippen LogP contribution in [0.15, 0.2) is 45.3 Å². The van der Waals surface area contributed by atoms with E-state index in [1.54, 1.807) is 24.3 Å². The lowest BCUT2D eigenvalue weighted by molar-refractivity contribution is 0.112. The summed E-state index contributed by atoms with van der Waals surface area (Å²) < 4.78 is 1.67. The molecule has 0 aliphatic rings. The van der Waals surface area contributed by atoms with Crippen molar-refractivity contribution in [3.63, 3.8) is 0 Å². The molecule has 0 unspecified atom stereocenters. The summed E-state index contributed by atoms with van der Waals surface area (Å²) in [5, 5.41) is 9.25. The Hall–Kier alpha value is -1.13. The molecule has 0 aromatic heterocycles. The average Bonchev–Trinajstić information content (AvgIpc) is 2.30. The van der Waals surface area contributed by atoms with Crippen LogP contribution in [-0.2, 0) is 0 Å². The van der Waals surface area contributed by atoms with Gasteiger partial charge in [0.1, 0.15) is 12.0 Å². The third-order valence-corrected chi connectivity index (χ3v) is 3.61. The number of aldehydes is 1. The molecule has 0 atom stereocenters. The molecule has 0 saturated carbocycles. The normalized spacial score (nSPS) is 10.2. The smallest absolute Gasteiger partial charge is 0.150 e. The third-order valence-electron chi connectivity index (χ3n) is 2.36. The Labute approximate surface area is 116 Å². The molecule has 0 amide bonds. The molecule has 2 aromatic carbocycles. The maximum atomic E-state index is 10.7. The van der Waals surface area contributed by atoms with Gasteiger partial charge < -0.3 is 5.11 Å². The summed E-state index contributed by atoms with van der Waals surface area (Å²) in [5.74, 6) is 0.227. The van der Waals surface area contributed by atoms with Gasteiger partial charge >= 0.3 is 0 Å². The molecule has 17 heavy (non-hydrogen) atoms. The third kappa shape index (κ3) is 2.58. The number of aromatic hydroxyl groups is 1. The predicted molar refractivity (Wildman–Crippen MR) is 74.3 cm³/mol. The largest absolute Gasteiger partial charge is 0.508 e. The van der Waals surface area contributed by atoms with Crippen LogP contribution in [0.25, 0.3) is 11.1 Å². The summed E-state index contributed by atoms with van der Waals surface area (Å²) >= 11 is 6.89. The van der Waals surface area contributed by atoms with Crippen molar-refractivity contribution in [1.29, 1.82) is 0 Å². The molecule has 2 rings (SSSR count). The van der Waals surface area contributed by atoms with Gasteiger partial charge in [0.15, 0.2) is 0 Å². The molecule has 0 bridgehead atoms. The van der Waals surface area contributed by atoms with E-state index >= 15 is 0 Å². The second-order valence-electron chi connectivity index (χ2n) is 3.52. The maximum absolute atomic E-state index is 10.7. The van der Waals surface area contributed by atoms with Crippen LogP contribution >= 0.6 is 31.9 Å². The van der Waals surface area contributed by atoms with Crippen molar-refractivity contribution in [2.75, 3.05) is 0 Å². The summed E-state index contributed by atoms with van der Waals surface area (Å²) in [7, 11) is 0. The highest BCUT2D eigenvalue weighted by molar-refractivity contribution is 9.11. The van der Waals surface area contributed by atoms with Gasteiger partial charge in [-0.25, -0.2) is 0 Å². The van der Waals surface area contributed by atoms with Gasteiger partial charge in [-0.1, -0.05) is 44.0 Å². The first-order valence-electron chi connectivity index (χ1n) is 4.85. The highest BCUT2D eigenvalue weighted by Crippen LogP contribution is 2.36. The van der Waals surface area contributed by atoms with Crippen molar-refractivity contribution in [3.8, 4) is 16.9 Å². The van der Waals surface area contributed by atoms with Crippen molar-refractivity contribution in [3.05, 3.63) is 50.9 Å². The number of hydrogen-bond donors (Lipinski definition) is 1. The summed E-state index contributed by atoms with van der Waals surface area (Å²) in [4.78, 5) is 10.7. The highest BCUT2D eigenvalue weighted by atomic mass is 79.9. The summed E-state index contributed by atoms with van der Waals surface area (Å²) in [6.07, 6.45) is 0.802. The van der Waals surface area contributed by atoms with Gasteiger partial charge in [0.25, 0.3) is 0 Å². The number of hydrogen-bond acceptors (Lipinski definition) is 2. The van der Waals surface area contributed by atoms with E-state index in [-0.39, 0.29) is 5.75 Å². The molecule has 0 radical (unpaired) electrons. The van der Waals surface area contributed by atoms with E-state index in [0.29, 0.717) is 5.56 Å². The quantitative estimate of drug-likeness (QED) is 0.811. The van der Waals surface area contributed by atoms with Gasteiger partial charge in [-0.2, -0.15) is 0 Å². The first-order valence-corrected chi connectivity index (χ1v) is 6.44. The first kappa shape index (κ1) is 12.3. The van der Waals surface area contributed by atoms with Crippen LogP contribution in [0.2, 0.25) is 0 Å². The Morgan fingerprint density at radius 1 is 1.00 bits per heavy atom. The Morgan fingerprint density at radius 3 is 2.00 bits per heavy atom. The van der Waals surface area contributed by atoms with Gasteiger partial charge in [0.05, 0.1) is 0 Å². The van der Waals surface area contributed by atoms with Crippen molar-refractivity contribution < 1.29 is 9.90 Å². The number of benzene rings is 2. The van der Waals surface area contributed by atoms with E-state index in [9.17, 15) is 9.90 Å². The number of rotatable bonds is 2. The van der Waals surface area contributed by atoms with Gasteiger partial charge in [0.2, 0.25) is 0 Å². The molecule has 1 N–H and O–H groups in total. The Balaban J connectivity index is 2.59. The lowest BCUT2D eigenvalue weighted by Gasteiger charge is -2.08. The minimum Gasteiger partial charge on any atom is -0.508 e. The Bertz CT molecular complexity index is 539. The summed E-state index contributed by atoms with van der Waals surface area (Å²) in [6, 6.07) is 10.4. The van der Waals surface area contributed by atoms with Crippen LogP contribution in [-0.4, -0.2) is 11.4 Å². The lowest BCUT2D eigenvalue weighted by Crippen LogP contribution is -1.86. The second kappa shape index (κ2) is 5.02. The Kier molecular flexibility index (Phi) is 3.64. The molecular weight excluding hydrogens is 348 g/mol. The molecular formula is C13H8Br2O2. The Morgan fingerprint density at radius 2 is 1.53 bits per heavy atom. The number of carbonyl (C=O) groups is 1. The molecule has 86 valence electrons. The van der Waals surface area contributed by atoms with E-state index in [2.05, 4.69) is 31.9 Å². The van der Waals surface area contributed by atoms with E-state index in [0.717, 1.165) is 26.4 Å².